The van der Waals surface area contributed by atoms with Crippen molar-refractivity contribution in [1.82, 2.24) is 0 Å². The normalized spacial score (nSPS) is 11.8. The monoisotopic (exact) mass is 270 g/mol. The van der Waals surface area contributed by atoms with Crippen LogP contribution >= 0.6 is 0 Å². The van der Waals surface area contributed by atoms with E-state index in [2.05, 4.69) is 20.8 Å². The van der Waals surface area contributed by atoms with Crippen molar-refractivity contribution in [1.29, 1.82) is 0 Å². The highest BCUT2D eigenvalue weighted by Crippen LogP contribution is 2.38. The van der Waals surface area contributed by atoms with Gasteiger partial charge in [-0.1, -0.05) is 45.0 Å². The van der Waals surface area contributed by atoms with Crippen LogP contribution in [0.15, 0.2) is 48.5 Å². The van der Waals surface area contributed by atoms with Crippen molar-refractivity contribution in [2.75, 3.05) is 0 Å². The lowest BCUT2D eigenvalue weighted by atomic mass is 9.71. The van der Waals surface area contributed by atoms with E-state index >= 15 is 0 Å². The Morgan fingerprint density at radius 2 is 1.15 bits per heavy atom. The van der Waals surface area contributed by atoms with Crippen LogP contribution in [0.4, 0.5) is 0 Å². The molecule has 106 valence electrons. The lowest BCUT2D eigenvalue weighted by Crippen LogP contribution is -2.25. The third-order valence-corrected chi connectivity index (χ3v) is 3.83. The lowest BCUT2D eigenvalue weighted by molar-refractivity contribution is 0.424. The predicted molar refractivity (Wildman–Crippen MR) is 82.1 cm³/mol. The molecule has 0 fully saturated rings. The number of aromatic hydroxyl groups is 2. The molecule has 0 aliphatic carbocycles. The smallest absolute Gasteiger partial charge is 0.115 e. The second-order valence-corrected chi connectivity index (χ2v) is 6.02. The lowest BCUT2D eigenvalue weighted by Gasteiger charge is -2.33. The minimum Gasteiger partial charge on any atom is -0.508 e. The Labute approximate surface area is 120 Å². The highest BCUT2D eigenvalue weighted by Gasteiger charge is 2.29. The summed E-state index contributed by atoms with van der Waals surface area (Å²) in [7, 11) is 0. The molecular weight excluding hydrogens is 248 g/mol. The standard InChI is InChI=1S/C18H22O2/c1-13(2)12-18(3,14-4-8-16(19)9-5-14)15-6-10-17(20)11-7-15/h4-11,13,19-20H,12H2,1-3H3. The molecule has 0 saturated carbocycles. The number of hydrogen-bond acceptors (Lipinski definition) is 2. The highest BCUT2D eigenvalue weighted by atomic mass is 16.3. The van der Waals surface area contributed by atoms with Crippen molar-refractivity contribution in [3.8, 4) is 11.5 Å². The summed E-state index contributed by atoms with van der Waals surface area (Å²) in [6.45, 7) is 6.63. The molecule has 0 bridgehead atoms. The molecule has 20 heavy (non-hydrogen) atoms. The minimum atomic E-state index is -0.129. The molecule has 2 aromatic rings. The van der Waals surface area contributed by atoms with Gasteiger partial charge in [0.25, 0.3) is 0 Å². The summed E-state index contributed by atoms with van der Waals surface area (Å²) in [6.07, 6.45) is 1.00. The van der Waals surface area contributed by atoms with Crippen molar-refractivity contribution < 1.29 is 10.2 Å². The van der Waals surface area contributed by atoms with Gasteiger partial charge in [-0.15, -0.1) is 0 Å². The van der Waals surface area contributed by atoms with Crippen LogP contribution in [0, 0.1) is 5.92 Å². The fourth-order valence-electron chi connectivity index (χ4n) is 2.88. The zero-order valence-corrected chi connectivity index (χ0v) is 12.3. The molecule has 2 nitrogen and oxygen atoms in total. The molecule has 0 aliphatic rings. The Morgan fingerprint density at radius 3 is 1.45 bits per heavy atom. The first kappa shape index (κ1) is 14.4. The Hall–Kier alpha value is -1.96. The van der Waals surface area contributed by atoms with E-state index < -0.39 is 0 Å². The number of phenolic OH excluding ortho intramolecular Hbond substituents is 2. The van der Waals surface area contributed by atoms with E-state index in [1.165, 1.54) is 11.1 Å². The first-order chi connectivity index (χ1) is 9.41. The van der Waals surface area contributed by atoms with Gasteiger partial charge >= 0.3 is 0 Å². The van der Waals surface area contributed by atoms with Crippen LogP contribution in [-0.4, -0.2) is 10.2 Å². The molecule has 0 aliphatic heterocycles. The maximum atomic E-state index is 9.48. The van der Waals surface area contributed by atoms with E-state index in [1.807, 2.05) is 24.3 Å². The molecule has 0 atom stereocenters. The van der Waals surface area contributed by atoms with Crippen LogP contribution in [0.3, 0.4) is 0 Å². The van der Waals surface area contributed by atoms with Crippen LogP contribution in [0.1, 0.15) is 38.3 Å². The molecular formula is C18H22O2. The Balaban J connectivity index is 2.49. The van der Waals surface area contributed by atoms with Crippen molar-refractivity contribution in [2.45, 2.75) is 32.6 Å². The topological polar surface area (TPSA) is 40.5 Å². The van der Waals surface area contributed by atoms with Crippen LogP contribution in [0.25, 0.3) is 0 Å². The highest BCUT2D eigenvalue weighted by molar-refractivity contribution is 5.42. The predicted octanol–water partition coefficient (Wildman–Crippen LogP) is 4.45. The summed E-state index contributed by atoms with van der Waals surface area (Å²) in [4.78, 5) is 0. The summed E-state index contributed by atoms with van der Waals surface area (Å²) in [5.74, 6) is 1.11. The first-order valence-corrected chi connectivity index (χ1v) is 7.01. The van der Waals surface area contributed by atoms with E-state index in [1.54, 1.807) is 24.3 Å². The molecule has 0 unspecified atom stereocenters. The number of rotatable bonds is 4. The third-order valence-electron chi connectivity index (χ3n) is 3.83. The van der Waals surface area contributed by atoms with Gasteiger partial charge in [-0.2, -0.15) is 0 Å². The molecule has 0 aromatic heterocycles. The van der Waals surface area contributed by atoms with Crippen LogP contribution < -0.4 is 0 Å². The molecule has 0 spiro atoms. The Morgan fingerprint density at radius 1 is 0.800 bits per heavy atom. The quantitative estimate of drug-likeness (QED) is 0.861. The summed E-state index contributed by atoms with van der Waals surface area (Å²) in [6, 6.07) is 14.8. The number of hydrogen-bond donors (Lipinski definition) is 2. The number of benzene rings is 2. The molecule has 0 saturated heterocycles. The average molecular weight is 270 g/mol. The van der Waals surface area contributed by atoms with Gasteiger partial charge in [-0.25, -0.2) is 0 Å². The van der Waals surface area contributed by atoms with Gasteiger partial charge in [-0.3, -0.25) is 0 Å². The van der Waals surface area contributed by atoms with Crippen LogP contribution in [0.5, 0.6) is 11.5 Å². The van der Waals surface area contributed by atoms with Gasteiger partial charge in [0.15, 0.2) is 0 Å². The maximum Gasteiger partial charge on any atom is 0.115 e. The molecule has 2 rings (SSSR count). The number of phenols is 2. The van der Waals surface area contributed by atoms with Crippen LogP contribution in [0.2, 0.25) is 0 Å². The van der Waals surface area contributed by atoms with E-state index in [0.717, 1.165) is 6.42 Å². The van der Waals surface area contributed by atoms with E-state index in [-0.39, 0.29) is 16.9 Å². The van der Waals surface area contributed by atoms with Crippen molar-refractivity contribution >= 4 is 0 Å². The zero-order valence-electron chi connectivity index (χ0n) is 12.3. The largest absolute Gasteiger partial charge is 0.508 e. The van der Waals surface area contributed by atoms with Gasteiger partial charge in [-0.05, 0) is 47.7 Å². The summed E-state index contributed by atoms with van der Waals surface area (Å²) in [5, 5.41) is 19.0. The van der Waals surface area contributed by atoms with Crippen molar-refractivity contribution in [2.24, 2.45) is 5.92 Å². The zero-order chi connectivity index (χ0) is 14.8. The van der Waals surface area contributed by atoms with Crippen LogP contribution in [-0.2, 0) is 5.41 Å². The van der Waals surface area contributed by atoms with Crippen molar-refractivity contribution in [3.05, 3.63) is 59.7 Å². The average Bonchev–Trinajstić information content (AvgIpc) is 2.39. The third kappa shape index (κ3) is 2.96. The van der Waals surface area contributed by atoms with Gasteiger partial charge in [0.1, 0.15) is 11.5 Å². The maximum absolute atomic E-state index is 9.48. The molecule has 0 amide bonds. The van der Waals surface area contributed by atoms with E-state index in [4.69, 9.17) is 0 Å². The Bertz CT molecular complexity index is 507. The van der Waals surface area contributed by atoms with Gasteiger partial charge in [0.2, 0.25) is 0 Å². The molecule has 2 heteroatoms. The second kappa shape index (κ2) is 5.58. The SMILES string of the molecule is CC(C)CC(C)(c1ccc(O)cc1)c1ccc(O)cc1. The molecule has 2 aromatic carbocycles. The summed E-state index contributed by atoms with van der Waals surface area (Å²) in [5.41, 5.74) is 2.22. The van der Waals surface area contributed by atoms with Gasteiger partial charge in [0.05, 0.1) is 0 Å². The van der Waals surface area contributed by atoms with E-state index in [9.17, 15) is 10.2 Å². The summed E-state index contributed by atoms with van der Waals surface area (Å²) < 4.78 is 0. The van der Waals surface area contributed by atoms with Crippen molar-refractivity contribution in [3.63, 3.8) is 0 Å². The minimum absolute atomic E-state index is 0.129. The van der Waals surface area contributed by atoms with E-state index in [0.29, 0.717) is 5.92 Å². The van der Waals surface area contributed by atoms with Gasteiger partial charge in [0, 0.05) is 5.41 Å². The second-order valence-electron chi connectivity index (χ2n) is 6.02. The molecule has 2 N–H and O–H groups in total. The first-order valence-electron chi connectivity index (χ1n) is 7.01. The molecule has 0 radical (unpaired) electrons. The Kier molecular flexibility index (Phi) is 4.03. The van der Waals surface area contributed by atoms with Gasteiger partial charge < -0.3 is 10.2 Å². The fraction of sp³-hybridized carbons (Fsp3) is 0.333. The fourth-order valence-corrected chi connectivity index (χ4v) is 2.88. The molecule has 0 heterocycles. The summed E-state index contributed by atoms with van der Waals surface area (Å²) >= 11 is 0.